The number of halogens is 1. The highest BCUT2D eigenvalue weighted by molar-refractivity contribution is 6.18. The average molecular weight is 146 g/mol. The number of hydrogen-bond acceptors (Lipinski definition) is 1. The van der Waals surface area contributed by atoms with E-state index in [1.807, 2.05) is 6.08 Å². The molecule has 1 rings (SSSR count). The molecule has 0 radical (unpaired) electrons. The monoisotopic (exact) mass is 145 g/mol. The lowest BCUT2D eigenvalue weighted by Gasteiger charge is -2.10. The van der Waals surface area contributed by atoms with E-state index in [1.165, 1.54) is 12.8 Å². The first-order valence-corrected chi connectivity index (χ1v) is 3.78. The highest BCUT2D eigenvalue weighted by atomic mass is 35.5. The summed E-state index contributed by atoms with van der Waals surface area (Å²) in [7, 11) is 0. The lowest BCUT2D eigenvalue weighted by Crippen LogP contribution is -2.32. The molecule has 1 aliphatic rings. The van der Waals surface area contributed by atoms with Crippen LogP contribution in [0.15, 0.2) is 12.7 Å². The van der Waals surface area contributed by atoms with E-state index in [1.54, 1.807) is 0 Å². The zero-order valence-electron chi connectivity index (χ0n) is 5.49. The summed E-state index contributed by atoms with van der Waals surface area (Å²) in [6, 6.07) is 0. The van der Waals surface area contributed by atoms with E-state index in [2.05, 4.69) is 11.9 Å². The van der Waals surface area contributed by atoms with Crippen molar-refractivity contribution in [1.82, 2.24) is 5.32 Å². The number of alkyl halides is 1. The summed E-state index contributed by atoms with van der Waals surface area (Å²) in [6.45, 7) is 4.50. The summed E-state index contributed by atoms with van der Waals surface area (Å²) in [5.41, 5.74) is 0.287. The van der Waals surface area contributed by atoms with Crippen LogP contribution in [0, 0.1) is 0 Å². The van der Waals surface area contributed by atoms with Gasteiger partial charge in [-0.05, 0) is 12.8 Å². The Kier molecular flexibility index (Phi) is 2.14. The third-order valence-electron chi connectivity index (χ3n) is 1.73. The van der Waals surface area contributed by atoms with Crippen molar-refractivity contribution in [2.75, 3.05) is 12.4 Å². The van der Waals surface area contributed by atoms with Crippen LogP contribution >= 0.6 is 11.6 Å². The third kappa shape index (κ3) is 1.70. The predicted octanol–water partition coefficient (Wildman–Crippen LogP) is 1.53. The fourth-order valence-electron chi connectivity index (χ4n) is 0.797. The zero-order valence-corrected chi connectivity index (χ0v) is 6.25. The highest BCUT2D eigenvalue weighted by Gasteiger charge is 2.40. The van der Waals surface area contributed by atoms with Crippen molar-refractivity contribution >= 4 is 11.6 Å². The smallest absolute Gasteiger partial charge is 0.0406 e. The van der Waals surface area contributed by atoms with Gasteiger partial charge in [0, 0.05) is 18.0 Å². The molecule has 52 valence electrons. The lowest BCUT2D eigenvalue weighted by atomic mass is 10.3. The van der Waals surface area contributed by atoms with Crippen molar-refractivity contribution in [1.29, 1.82) is 0 Å². The van der Waals surface area contributed by atoms with Crippen LogP contribution in [0.2, 0.25) is 0 Å². The zero-order chi connectivity index (χ0) is 6.74. The van der Waals surface area contributed by atoms with Crippen molar-refractivity contribution in [3.63, 3.8) is 0 Å². The molecular formula is C7H12ClN. The van der Waals surface area contributed by atoms with Crippen LogP contribution in [0.1, 0.15) is 12.8 Å². The van der Waals surface area contributed by atoms with Crippen LogP contribution in [-0.2, 0) is 0 Å². The molecule has 0 saturated heterocycles. The quantitative estimate of drug-likeness (QED) is 0.468. The van der Waals surface area contributed by atoms with Crippen LogP contribution in [0.3, 0.4) is 0 Å². The van der Waals surface area contributed by atoms with Gasteiger partial charge < -0.3 is 5.32 Å². The minimum atomic E-state index is 0.287. The van der Waals surface area contributed by atoms with E-state index in [0.717, 1.165) is 12.4 Å². The molecule has 0 unspecified atom stereocenters. The molecule has 0 atom stereocenters. The fraction of sp³-hybridized carbons (Fsp3) is 0.714. The molecule has 0 amide bonds. The molecule has 9 heavy (non-hydrogen) atoms. The summed E-state index contributed by atoms with van der Waals surface area (Å²) in [5, 5.41) is 3.32. The molecule has 0 heterocycles. The van der Waals surface area contributed by atoms with Gasteiger partial charge in [-0.1, -0.05) is 6.08 Å². The molecule has 0 bridgehead atoms. The Morgan fingerprint density at radius 2 is 2.33 bits per heavy atom. The van der Waals surface area contributed by atoms with Crippen LogP contribution in [0.4, 0.5) is 0 Å². The largest absolute Gasteiger partial charge is 0.307 e. The molecule has 1 nitrogen and oxygen atoms in total. The van der Waals surface area contributed by atoms with Crippen molar-refractivity contribution < 1.29 is 0 Å². The van der Waals surface area contributed by atoms with Gasteiger partial charge in [-0.25, -0.2) is 0 Å². The molecule has 0 spiro atoms. The van der Waals surface area contributed by atoms with Crippen molar-refractivity contribution in [3.05, 3.63) is 12.7 Å². The van der Waals surface area contributed by atoms with E-state index in [-0.39, 0.29) is 5.54 Å². The maximum Gasteiger partial charge on any atom is 0.0406 e. The van der Waals surface area contributed by atoms with Gasteiger partial charge in [-0.3, -0.25) is 0 Å². The summed E-state index contributed by atoms with van der Waals surface area (Å²) >= 11 is 5.69. The van der Waals surface area contributed by atoms with E-state index in [4.69, 9.17) is 11.6 Å². The lowest BCUT2D eigenvalue weighted by molar-refractivity contribution is 0.582. The molecule has 0 aromatic carbocycles. The highest BCUT2D eigenvalue weighted by Crippen LogP contribution is 2.35. The van der Waals surface area contributed by atoms with Crippen LogP contribution < -0.4 is 5.32 Å². The molecule has 1 fully saturated rings. The van der Waals surface area contributed by atoms with Gasteiger partial charge in [0.2, 0.25) is 0 Å². The Labute approximate surface area is 61.1 Å². The average Bonchev–Trinajstić information content (AvgIpc) is 2.65. The van der Waals surface area contributed by atoms with Crippen LogP contribution in [0.5, 0.6) is 0 Å². The number of nitrogens with one attached hydrogen (secondary N) is 1. The maximum atomic E-state index is 5.69. The summed E-state index contributed by atoms with van der Waals surface area (Å²) in [5.74, 6) is 0.737. The first kappa shape index (κ1) is 7.10. The van der Waals surface area contributed by atoms with Crippen molar-refractivity contribution in [3.8, 4) is 0 Å². The van der Waals surface area contributed by atoms with Crippen LogP contribution in [0.25, 0.3) is 0 Å². The van der Waals surface area contributed by atoms with E-state index < -0.39 is 0 Å². The van der Waals surface area contributed by atoms with E-state index in [9.17, 15) is 0 Å². The van der Waals surface area contributed by atoms with Crippen molar-refractivity contribution in [2.24, 2.45) is 0 Å². The molecule has 0 aliphatic heterocycles. The Morgan fingerprint density at radius 1 is 1.67 bits per heavy atom. The van der Waals surface area contributed by atoms with Gasteiger partial charge >= 0.3 is 0 Å². The molecule has 0 aromatic rings. The van der Waals surface area contributed by atoms with Gasteiger partial charge in [-0.2, -0.15) is 0 Å². The molecule has 0 aromatic heterocycles. The van der Waals surface area contributed by atoms with Gasteiger partial charge in [0.05, 0.1) is 0 Å². The van der Waals surface area contributed by atoms with Gasteiger partial charge in [0.15, 0.2) is 0 Å². The molecule has 1 aliphatic carbocycles. The van der Waals surface area contributed by atoms with Crippen molar-refractivity contribution in [2.45, 2.75) is 18.4 Å². The number of rotatable bonds is 4. The molecule has 1 N–H and O–H groups in total. The van der Waals surface area contributed by atoms with Gasteiger partial charge in [0.25, 0.3) is 0 Å². The van der Waals surface area contributed by atoms with E-state index >= 15 is 0 Å². The topological polar surface area (TPSA) is 12.0 Å². The minimum Gasteiger partial charge on any atom is -0.307 e. The Morgan fingerprint density at radius 3 is 2.67 bits per heavy atom. The second-order valence-electron chi connectivity index (χ2n) is 2.58. The fourth-order valence-corrected chi connectivity index (χ4v) is 1.16. The number of hydrogen-bond donors (Lipinski definition) is 1. The molecule has 1 saturated carbocycles. The Bertz CT molecular complexity index is 107. The van der Waals surface area contributed by atoms with Crippen LogP contribution in [-0.4, -0.2) is 18.0 Å². The Balaban J connectivity index is 2.17. The summed E-state index contributed by atoms with van der Waals surface area (Å²) < 4.78 is 0. The minimum absolute atomic E-state index is 0.287. The first-order valence-electron chi connectivity index (χ1n) is 3.25. The second kappa shape index (κ2) is 2.72. The summed E-state index contributed by atoms with van der Waals surface area (Å²) in [6.07, 6.45) is 4.32. The first-order chi connectivity index (χ1) is 4.33. The second-order valence-corrected chi connectivity index (χ2v) is 2.85. The van der Waals surface area contributed by atoms with Gasteiger partial charge in [-0.15, -0.1) is 18.2 Å². The predicted molar refractivity (Wildman–Crippen MR) is 40.9 cm³/mol. The maximum absolute atomic E-state index is 5.69. The van der Waals surface area contributed by atoms with E-state index in [0.29, 0.717) is 0 Å². The third-order valence-corrected chi connectivity index (χ3v) is 2.24. The van der Waals surface area contributed by atoms with Gasteiger partial charge in [0.1, 0.15) is 0 Å². The SMILES string of the molecule is C=CCNC1(CCl)CC1. The molecule has 2 heteroatoms. The normalized spacial score (nSPS) is 21.4. The Hall–Kier alpha value is -0.0100. The molecular weight excluding hydrogens is 134 g/mol. The standard InChI is InChI=1S/C7H12ClN/c1-2-5-9-7(6-8)3-4-7/h2,9H,1,3-6H2. The summed E-state index contributed by atoms with van der Waals surface area (Å²) in [4.78, 5) is 0.